The van der Waals surface area contributed by atoms with Gasteiger partial charge in [-0.3, -0.25) is 9.48 Å². The number of amides is 1. The second kappa shape index (κ2) is 7.81. The van der Waals surface area contributed by atoms with E-state index in [0.717, 1.165) is 5.56 Å². The maximum Gasteiger partial charge on any atom is 0.246 e. The number of ether oxygens (including phenoxy) is 1. The minimum atomic E-state index is -0.151. The topological polar surface area (TPSA) is 56.2 Å². The van der Waals surface area contributed by atoms with Gasteiger partial charge in [0.05, 0.1) is 13.2 Å². The zero-order valence-electron chi connectivity index (χ0n) is 11.8. The summed E-state index contributed by atoms with van der Waals surface area (Å²) in [6, 6.07) is 9.25. The molecule has 0 aliphatic carbocycles. The van der Waals surface area contributed by atoms with E-state index in [1.807, 2.05) is 37.4 Å². The molecule has 6 heteroatoms. The van der Waals surface area contributed by atoms with Crippen LogP contribution in [-0.4, -0.2) is 28.3 Å². The molecule has 0 aliphatic heterocycles. The summed E-state index contributed by atoms with van der Waals surface area (Å²) in [4.78, 5) is 11.8. The quantitative estimate of drug-likeness (QED) is 0.853. The summed E-state index contributed by atoms with van der Waals surface area (Å²) in [5, 5.41) is 7.60. The van der Waals surface area contributed by atoms with Crippen molar-refractivity contribution >= 4 is 17.5 Å². The lowest BCUT2D eigenvalue weighted by atomic mass is 10.2. The Kier molecular flexibility index (Phi) is 5.78. The van der Waals surface area contributed by atoms with E-state index in [9.17, 15) is 4.79 Å². The van der Waals surface area contributed by atoms with Crippen molar-refractivity contribution in [1.29, 1.82) is 0 Å². The predicted molar refractivity (Wildman–Crippen MR) is 80.9 cm³/mol. The van der Waals surface area contributed by atoms with Gasteiger partial charge in [-0.05, 0) is 24.6 Å². The number of hydrogen-bond acceptors (Lipinski definition) is 3. The van der Waals surface area contributed by atoms with Crippen molar-refractivity contribution < 1.29 is 9.53 Å². The molecule has 2 rings (SSSR count). The second-order valence-corrected chi connectivity index (χ2v) is 5.19. The summed E-state index contributed by atoms with van der Waals surface area (Å²) in [5.41, 5.74) is 0.872. The van der Waals surface area contributed by atoms with Crippen LogP contribution in [0, 0.1) is 0 Å². The molecule has 1 N–H and O–H groups in total. The zero-order chi connectivity index (χ0) is 15.1. The minimum Gasteiger partial charge on any atom is -0.367 e. The fourth-order valence-electron chi connectivity index (χ4n) is 1.92. The highest BCUT2D eigenvalue weighted by atomic mass is 35.5. The first-order chi connectivity index (χ1) is 10.1. The lowest BCUT2D eigenvalue weighted by Crippen LogP contribution is -2.38. The van der Waals surface area contributed by atoms with Crippen molar-refractivity contribution in [3.8, 4) is 0 Å². The van der Waals surface area contributed by atoms with Crippen LogP contribution in [0.1, 0.15) is 12.5 Å². The van der Waals surface area contributed by atoms with Crippen molar-refractivity contribution in [3.05, 3.63) is 53.3 Å². The number of aromatic nitrogens is 2. The van der Waals surface area contributed by atoms with Crippen molar-refractivity contribution in [2.45, 2.75) is 26.1 Å². The van der Waals surface area contributed by atoms with Gasteiger partial charge in [0, 0.05) is 23.5 Å². The van der Waals surface area contributed by atoms with Crippen LogP contribution in [0.5, 0.6) is 0 Å². The number of halogens is 1. The minimum absolute atomic E-state index is 0.00860. The Hall–Kier alpha value is -1.85. The lowest BCUT2D eigenvalue weighted by Gasteiger charge is -2.14. The van der Waals surface area contributed by atoms with Gasteiger partial charge < -0.3 is 10.1 Å². The Labute approximate surface area is 128 Å². The van der Waals surface area contributed by atoms with Gasteiger partial charge in [-0.25, -0.2) is 0 Å². The first kappa shape index (κ1) is 15.5. The van der Waals surface area contributed by atoms with Crippen LogP contribution < -0.4 is 5.32 Å². The van der Waals surface area contributed by atoms with Crippen molar-refractivity contribution in [2.75, 3.05) is 6.61 Å². The van der Waals surface area contributed by atoms with Gasteiger partial charge in [0.1, 0.15) is 6.61 Å². The van der Waals surface area contributed by atoms with Crippen molar-refractivity contribution in [2.24, 2.45) is 0 Å². The average molecular weight is 308 g/mol. The first-order valence-electron chi connectivity index (χ1n) is 6.73. The molecule has 0 radical (unpaired) electrons. The number of nitrogens with one attached hydrogen (secondary N) is 1. The second-order valence-electron chi connectivity index (χ2n) is 4.78. The van der Waals surface area contributed by atoms with Crippen LogP contribution in [0.4, 0.5) is 0 Å². The monoisotopic (exact) mass is 307 g/mol. The molecule has 1 aromatic carbocycles. The van der Waals surface area contributed by atoms with Crippen LogP contribution in [0.15, 0.2) is 42.7 Å². The van der Waals surface area contributed by atoms with Gasteiger partial charge in [0.2, 0.25) is 5.91 Å². The highest BCUT2D eigenvalue weighted by Crippen LogP contribution is 2.15. The number of carbonyl (C=O) groups excluding carboxylic acids is 1. The first-order valence-corrected chi connectivity index (χ1v) is 7.11. The molecule has 0 saturated heterocycles. The summed E-state index contributed by atoms with van der Waals surface area (Å²) in [5.74, 6) is -0.151. The Morgan fingerprint density at radius 3 is 2.95 bits per heavy atom. The van der Waals surface area contributed by atoms with Crippen molar-refractivity contribution in [3.63, 3.8) is 0 Å². The largest absolute Gasteiger partial charge is 0.367 e. The predicted octanol–water partition coefficient (Wildman–Crippen LogP) is 2.26. The molecule has 1 atom stereocenters. The Bertz CT molecular complexity index is 572. The van der Waals surface area contributed by atoms with Crippen molar-refractivity contribution in [1.82, 2.24) is 15.1 Å². The SMILES string of the molecule is C[C@@H](Cn1cccn1)NC(=O)COCc1ccccc1Cl. The summed E-state index contributed by atoms with van der Waals surface area (Å²) < 4.78 is 7.15. The molecule has 112 valence electrons. The third kappa shape index (κ3) is 5.21. The summed E-state index contributed by atoms with van der Waals surface area (Å²) in [7, 11) is 0. The molecule has 0 saturated carbocycles. The number of benzene rings is 1. The smallest absolute Gasteiger partial charge is 0.246 e. The summed E-state index contributed by atoms with van der Waals surface area (Å²) >= 11 is 6.01. The zero-order valence-corrected chi connectivity index (χ0v) is 12.6. The van der Waals surface area contributed by atoms with E-state index in [1.54, 1.807) is 16.9 Å². The normalized spacial score (nSPS) is 12.1. The lowest BCUT2D eigenvalue weighted by molar-refractivity contribution is -0.126. The van der Waals surface area contributed by atoms with E-state index < -0.39 is 0 Å². The van der Waals surface area contributed by atoms with E-state index >= 15 is 0 Å². The number of carbonyl (C=O) groups is 1. The number of hydrogen-bond donors (Lipinski definition) is 1. The van der Waals surface area contributed by atoms with Gasteiger partial charge in [-0.2, -0.15) is 5.10 Å². The van der Waals surface area contributed by atoms with Crippen LogP contribution in [-0.2, 0) is 22.7 Å². The molecule has 0 spiro atoms. The molecule has 2 aromatic rings. The summed E-state index contributed by atoms with van der Waals surface area (Å²) in [6.07, 6.45) is 3.57. The highest BCUT2D eigenvalue weighted by Gasteiger charge is 2.08. The fraction of sp³-hybridized carbons (Fsp3) is 0.333. The molecule has 0 fully saturated rings. The Balaban J connectivity index is 1.69. The Morgan fingerprint density at radius 1 is 1.43 bits per heavy atom. The molecular weight excluding hydrogens is 290 g/mol. The molecule has 0 aliphatic rings. The van der Waals surface area contributed by atoms with Crippen LogP contribution in [0.3, 0.4) is 0 Å². The molecule has 0 unspecified atom stereocenters. The van der Waals surface area contributed by atoms with Gasteiger partial charge in [0.25, 0.3) is 0 Å². The molecule has 5 nitrogen and oxygen atoms in total. The van der Waals surface area contributed by atoms with E-state index in [4.69, 9.17) is 16.3 Å². The van der Waals surface area contributed by atoms with Gasteiger partial charge in [-0.1, -0.05) is 29.8 Å². The number of nitrogens with zero attached hydrogens (tertiary/aromatic N) is 2. The molecule has 1 amide bonds. The van der Waals surface area contributed by atoms with E-state index in [1.165, 1.54) is 0 Å². The van der Waals surface area contributed by atoms with E-state index in [2.05, 4.69) is 10.4 Å². The van der Waals surface area contributed by atoms with Gasteiger partial charge in [-0.15, -0.1) is 0 Å². The maximum absolute atomic E-state index is 11.8. The van der Waals surface area contributed by atoms with Gasteiger partial charge >= 0.3 is 0 Å². The highest BCUT2D eigenvalue weighted by molar-refractivity contribution is 6.31. The molecule has 0 bridgehead atoms. The molecule has 1 aromatic heterocycles. The van der Waals surface area contributed by atoms with E-state index in [0.29, 0.717) is 18.2 Å². The molecule has 21 heavy (non-hydrogen) atoms. The van der Waals surface area contributed by atoms with Crippen LogP contribution in [0.25, 0.3) is 0 Å². The standard InChI is InChI=1S/C15H18ClN3O2/c1-12(9-19-8-4-7-17-19)18-15(20)11-21-10-13-5-2-3-6-14(13)16/h2-8,12H,9-11H2,1H3,(H,18,20)/t12-/m0/s1. The molecular formula is C15H18ClN3O2. The Morgan fingerprint density at radius 2 is 2.24 bits per heavy atom. The van der Waals surface area contributed by atoms with Crippen LogP contribution >= 0.6 is 11.6 Å². The van der Waals surface area contributed by atoms with Gasteiger partial charge in [0.15, 0.2) is 0 Å². The third-order valence-electron chi connectivity index (χ3n) is 2.88. The fourth-order valence-corrected chi connectivity index (χ4v) is 2.11. The average Bonchev–Trinajstić information content (AvgIpc) is 2.93. The third-order valence-corrected chi connectivity index (χ3v) is 3.24. The number of rotatable bonds is 7. The summed E-state index contributed by atoms with van der Waals surface area (Å²) in [6.45, 7) is 2.88. The van der Waals surface area contributed by atoms with E-state index in [-0.39, 0.29) is 18.6 Å². The maximum atomic E-state index is 11.8. The van der Waals surface area contributed by atoms with Crippen LogP contribution in [0.2, 0.25) is 5.02 Å². The molecule has 1 heterocycles.